The Balaban J connectivity index is 0.629. The Kier molecular flexibility index (Phi) is 10.8. The van der Waals surface area contributed by atoms with Gasteiger partial charge in [-0.1, -0.05) is 12.1 Å². The fourth-order valence-corrected chi connectivity index (χ4v) is 11.7. The molecule has 7 aliphatic rings. The number of nitrogens with zero attached hydrogens (tertiary/aromatic N) is 8. The molecule has 3 aromatic heterocycles. The molecule has 11 rings (SSSR count). The number of hydrogen-bond acceptors (Lipinski definition) is 12. The van der Waals surface area contributed by atoms with E-state index in [2.05, 4.69) is 35.9 Å². The van der Waals surface area contributed by atoms with Crippen molar-refractivity contribution >= 4 is 46.7 Å². The van der Waals surface area contributed by atoms with E-state index in [1.807, 2.05) is 12.1 Å². The Hall–Kier alpha value is -5.66. The van der Waals surface area contributed by atoms with Gasteiger partial charge in [0, 0.05) is 37.9 Å². The van der Waals surface area contributed by atoms with Gasteiger partial charge in [0.15, 0.2) is 11.3 Å². The van der Waals surface area contributed by atoms with Crippen molar-refractivity contribution in [2.45, 2.75) is 120 Å². The summed E-state index contributed by atoms with van der Waals surface area (Å²) in [4.78, 5) is 75.0. The maximum atomic E-state index is 14.3. The Morgan fingerprint density at radius 2 is 1.82 bits per heavy atom. The minimum absolute atomic E-state index is 0.00157. The number of likely N-dealkylation sites (tertiary alicyclic amines) is 1. The molecule has 0 radical (unpaired) electrons. The smallest absolute Gasteiger partial charge is 0.284 e. The van der Waals surface area contributed by atoms with E-state index in [9.17, 15) is 32.8 Å². The molecule has 342 valence electrons. The lowest BCUT2D eigenvalue weighted by Crippen LogP contribution is -2.54. The van der Waals surface area contributed by atoms with Crippen molar-refractivity contribution in [1.82, 2.24) is 44.8 Å². The van der Waals surface area contributed by atoms with Crippen molar-refractivity contribution in [3.8, 4) is 0 Å². The Bertz CT molecular complexity index is 2560. The van der Waals surface area contributed by atoms with Crippen LogP contribution >= 0.6 is 0 Å². The molecule has 1 aromatic carbocycles. The van der Waals surface area contributed by atoms with E-state index in [0.29, 0.717) is 47.3 Å². The first-order valence-corrected chi connectivity index (χ1v) is 23.2. The van der Waals surface area contributed by atoms with Gasteiger partial charge in [-0.15, -0.1) is 0 Å². The molecule has 1 spiro atoms. The predicted molar refractivity (Wildman–Crippen MR) is 230 cm³/mol. The van der Waals surface area contributed by atoms with E-state index in [0.717, 1.165) is 107 Å². The number of rotatable bonds is 12. The summed E-state index contributed by atoms with van der Waals surface area (Å²) in [5, 5.41) is 17.2. The normalized spacial score (nSPS) is 26.7. The van der Waals surface area contributed by atoms with Crippen molar-refractivity contribution in [1.29, 1.82) is 0 Å². The molecule has 4 aromatic rings. The van der Waals surface area contributed by atoms with Crippen LogP contribution in [0.5, 0.6) is 0 Å². The molecule has 17 nitrogen and oxygen atoms in total. The average Bonchev–Trinajstić information content (AvgIpc) is 4.15. The number of halogens is 2. The average molecular weight is 894 g/mol. The first kappa shape index (κ1) is 42.0. The number of ether oxygens (including phenoxy) is 1. The van der Waals surface area contributed by atoms with Crippen LogP contribution in [0.25, 0.3) is 5.65 Å². The number of piperidine rings is 2. The third-order valence-electron chi connectivity index (χ3n) is 15.5. The minimum Gasteiger partial charge on any atom is -0.374 e. The van der Waals surface area contributed by atoms with Gasteiger partial charge in [-0.2, -0.15) is 10.2 Å². The first-order chi connectivity index (χ1) is 31.5. The molecule has 5 amide bonds. The zero-order valence-electron chi connectivity index (χ0n) is 36.1. The molecule has 2 bridgehead atoms. The molecule has 3 atom stereocenters. The van der Waals surface area contributed by atoms with Gasteiger partial charge >= 0.3 is 0 Å². The lowest BCUT2D eigenvalue weighted by Gasteiger charge is -2.52. The molecule has 1 unspecified atom stereocenters. The molecule has 19 heteroatoms. The van der Waals surface area contributed by atoms with E-state index in [1.54, 1.807) is 29.2 Å². The number of anilines is 2. The standard InChI is InChI=1S/C46H53F2N11O6/c47-40(48)39-34(51-42(61)33-22-50-57-15-11-36(52-41(33)57)56-23-31-18-30(56)25-65-31)24-58(54-39)29-6-4-26(5-7-29)10-14-55-16-12-46(13-17-55)19-28(20-46)49-21-27-2-1-3-32-38(27)45(64)59(44(32)63)35-8-9-37(60)53-43(35)62/h1-3,11,15,22,24,26,28-31,35,40,49H,4-10,12-14,16-21,23,25H2,(H,51,61)(H,53,60,62)/t26?,29?,30-,31-,35?/m1/s1. The highest BCUT2D eigenvalue weighted by Crippen LogP contribution is 2.49. The number of nitrogens with one attached hydrogen (secondary N) is 3. The topological polar surface area (TPSA) is 188 Å². The minimum atomic E-state index is -2.85. The first-order valence-electron chi connectivity index (χ1n) is 23.2. The summed E-state index contributed by atoms with van der Waals surface area (Å²) in [7, 11) is 0. The summed E-state index contributed by atoms with van der Waals surface area (Å²) in [6.45, 7) is 4.98. The number of imide groups is 2. The lowest BCUT2D eigenvalue weighted by molar-refractivity contribution is -0.136. The van der Waals surface area contributed by atoms with E-state index in [1.165, 1.54) is 10.7 Å². The molecule has 3 N–H and O–H groups in total. The molecule has 5 aliphatic heterocycles. The number of amides is 5. The zero-order chi connectivity index (χ0) is 44.6. The maximum absolute atomic E-state index is 14.3. The summed E-state index contributed by atoms with van der Waals surface area (Å²) >= 11 is 0. The second kappa shape index (κ2) is 16.6. The van der Waals surface area contributed by atoms with Crippen LogP contribution < -0.4 is 20.9 Å². The number of benzene rings is 1. The third kappa shape index (κ3) is 7.77. The SMILES string of the molecule is O=C1CCC(N2C(=O)c3cccc(CNC4CC5(CCN(CCC6CCC(n7cc(NC(=O)c8cnn9ccc(N%10C[C@H]%11C[C@@H]%10CO%11)nc89)c(C(F)F)n7)CC6)CC5)C4)c3C2=O)C(=O)N1. The fourth-order valence-electron chi connectivity index (χ4n) is 11.7. The second-order valence-electron chi connectivity index (χ2n) is 19.4. The number of aromatic nitrogens is 5. The third-order valence-corrected chi connectivity index (χ3v) is 15.5. The van der Waals surface area contributed by atoms with Crippen LogP contribution in [0, 0.1) is 11.3 Å². The summed E-state index contributed by atoms with van der Waals surface area (Å²) < 4.78 is 37.5. The molecular formula is C46H53F2N11O6. The van der Waals surface area contributed by atoms with Crippen molar-refractivity contribution in [2.75, 3.05) is 43.0 Å². The molecule has 8 heterocycles. The number of fused-ring (bicyclic) bond motifs is 4. The van der Waals surface area contributed by atoms with Crippen LogP contribution in [0.3, 0.4) is 0 Å². The highest BCUT2D eigenvalue weighted by molar-refractivity contribution is 6.24. The van der Waals surface area contributed by atoms with Crippen LogP contribution in [0.1, 0.15) is 132 Å². The van der Waals surface area contributed by atoms with E-state index in [-0.39, 0.29) is 42.3 Å². The Morgan fingerprint density at radius 1 is 1.00 bits per heavy atom. The molecule has 6 fully saturated rings. The highest BCUT2D eigenvalue weighted by Gasteiger charge is 2.48. The number of carbonyl (C=O) groups excluding carboxylic acids is 5. The van der Waals surface area contributed by atoms with E-state index in [4.69, 9.17) is 9.72 Å². The van der Waals surface area contributed by atoms with Crippen LogP contribution in [-0.4, -0.2) is 121 Å². The number of alkyl halides is 2. The number of carbonyl (C=O) groups is 5. The van der Waals surface area contributed by atoms with Crippen molar-refractivity contribution in [3.63, 3.8) is 0 Å². The summed E-state index contributed by atoms with van der Waals surface area (Å²) in [5.41, 5.74) is 1.81. The molecule has 2 aliphatic carbocycles. The highest BCUT2D eigenvalue weighted by atomic mass is 19.3. The van der Waals surface area contributed by atoms with Gasteiger partial charge in [0.05, 0.1) is 47.8 Å². The largest absolute Gasteiger partial charge is 0.374 e. The molecule has 2 saturated carbocycles. The number of hydrogen-bond donors (Lipinski definition) is 3. The Morgan fingerprint density at radius 3 is 2.55 bits per heavy atom. The molecule has 65 heavy (non-hydrogen) atoms. The van der Waals surface area contributed by atoms with E-state index < -0.39 is 47.7 Å². The predicted octanol–water partition coefficient (Wildman–Crippen LogP) is 4.65. The second-order valence-corrected chi connectivity index (χ2v) is 19.4. The van der Waals surface area contributed by atoms with Crippen LogP contribution in [-0.2, 0) is 20.9 Å². The van der Waals surface area contributed by atoms with Gasteiger partial charge in [-0.25, -0.2) is 18.3 Å². The van der Waals surface area contributed by atoms with E-state index >= 15 is 0 Å². The zero-order valence-corrected chi connectivity index (χ0v) is 36.1. The van der Waals surface area contributed by atoms with Crippen LogP contribution in [0.15, 0.2) is 42.9 Å². The van der Waals surface area contributed by atoms with Crippen LogP contribution in [0.4, 0.5) is 20.3 Å². The number of morpholine rings is 1. The van der Waals surface area contributed by atoms with Crippen molar-refractivity contribution < 1.29 is 37.5 Å². The summed E-state index contributed by atoms with van der Waals surface area (Å²) in [5.74, 6) is -1.26. The van der Waals surface area contributed by atoms with Gasteiger partial charge in [0.2, 0.25) is 11.8 Å². The quantitative estimate of drug-likeness (QED) is 0.167. The summed E-state index contributed by atoms with van der Waals surface area (Å²) in [6.07, 6.45) is 12.3. The summed E-state index contributed by atoms with van der Waals surface area (Å²) in [6, 6.07) is 6.67. The van der Waals surface area contributed by atoms with Gasteiger partial charge in [-0.05, 0) is 119 Å². The van der Waals surface area contributed by atoms with Gasteiger partial charge in [-0.3, -0.25) is 38.9 Å². The van der Waals surface area contributed by atoms with Gasteiger partial charge in [0.1, 0.15) is 17.4 Å². The maximum Gasteiger partial charge on any atom is 0.284 e. The molecular weight excluding hydrogens is 841 g/mol. The Labute approximate surface area is 373 Å². The fraction of sp³-hybridized carbons (Fsp3) is 0.565. The van der Waals surface area contributed by atoms with Gasteiger partial charge in [0.25, 0.3) is 24.1 Å². The van der Waals surface area contributed by atoms with Crippen LogP contribution in [0.2, 0.25) is 0 Å². The van der Waals surface area contributed by atoms with Crippen molar-refractivity contribution in [2.24, 2.45) is 11.3 Å². The molecule has 4 saturated heterocycles. The van der Waals surface area contributed by atoms with Gasteiger partial charge < -0.3 is 25.2 Å². The lowest BCUT2D eigenvalue weighted by atomic mass is 9.60. The van der Waals surface area contributed by atoms with Crippen molar-refractivity contribution in [3.05, 3.63) is 70.8 Å². The monoisotopic (exact) mass is 893 g/mol.